The maximum atomic E-state index is 11.6. The third-order valence-electron chi connectivity index (χ3n) is 4.32. The minimum atomic E-state index is 0.329. The fourth-order valence-corrected chi connectivity index (χ4v) is 3.26. The third kappa shape index (κ3) is 3.21. The number of nitrogens with zero attached hydrogens (tertiary/aromatic N) is 2. The molecule has 3 heteroatoms. The van der Waals surface area contributed by atoms with Gasteiger partial charge in [0.15, 0.2) is 0 Å². The fourth-order valence-electron chi connectivity index (χ4n) is 3.26. The van der Waals surface area contributed by atoms with Gasteiger partial charge in [-0.3, -0.25) is 9.69 Å². The van der Waals surface area contributed by atoms with Crippen molar-refractivity contribution >= 4 is 5.91 Å². The van der Waals surface area contributed by atoms with Crippen molar-refractivity contribution in [3.8, 4) is 0 Å². The molecule has 2 aliphatic rings. The lowest BCUT2D eigenvalue weighted by Crippen LogP contribution is -2.49. The summed E-state index contributed by atoms with van der Waals surface area (Å²) >= 11 is 0. The average Bonchev–Trinajstić information content (AvgIpc) is 2.38. The molecular formula is C14H26N2O. The van der Waals surface area contributed by atoms with Crippen LogP contribution in [-0.2, 0) is 4.79 Å². The highest BCUT2D eigenvalue weighted by molar-refractivity contribution is 5.75. The Morgan fingerprint density at radius 1 is 1.18 bits per heavy atom. The lowest BCUT2D eigenvalue weighted by molar-refractivity contribution is -0.132. The van der Waals surface area contributed by atoms with Crippen molar-refractivity contribution in [2.45, 2.75) is 52.0 Å². The molecule has 0 unspecified atom stereocenters. The van der Waals surface area contributed by atoms with Crippen molar-refractivity contribution in [2.75, 3.05) is 26.2 Å². The summed E-state index contributed by atoms with van der Waals surface area (Å²) in [6.07, 6.45) is 5.77. The van der Waals surface area contributed by atoms with E-state index in [0.29, 0.717) is 12.3 Å². The smallest absolute Gasteiger partial charge is 0.222 e. The summed E-state index contributed by atoms with van der Waals surface area (Å²) in [5.74, 6) is 1.19. The van der Waals surface area contributed by atoms with Gasteiger partial charge in [-0.15, -0.1) is 0 Å². The van der Waals surface area contributed by atoms with Gasteiger partial charge in [-0.2, -0.15) is 0 Å². The summed E-state index contributed by atoms with van der Waals surface area (Å²) in [5.41, 5.74) is 0. The molecule has 0 spiro atoms. The highest BCUT2D eigenvalue weighted by Crippen LogP contribution is 2.23. The van der Waals surface area contributed by atoms with Crippen LogP contribution in [0.5, 0.6) is 0 Å². The number of piperidine rings is 2. The highest BCUT2D eigenvalue weighted by Gasteiger charge is 2.28. The van der Waals surface area contributed by atoms with Crippen LogP contribution in [0.2, 0.25) is 0 Å². The van der Waals surface area contributed by atoms with Crippen LogP contribution in [0.1, 0.15) is 46.0 Å². The molecule has 17 heavy (non-hydrogen) atoms. The van der Waals surface area contributed by atoms with E-state index in [4.69, 9.17) is 0 Å². The summed E-state index contributed by atoms with van der Waals surface area (Å²) in [6, 6.07) is 0.735. The predicted octanol–water partition coefficient (Wildman–Crippen LogP) is 2.12. The first-order valence-electron chi connectivity index (χ1n) is 7.22. The molecule has 2 saturated heterocycles. The van der Waals surface area contributed by atoms with Crippen molar-refractivity contribution < 1.29 is 4.79 Å². The summed E-state index contributed by atoms with van der Waals surface area (Å²) in [5, 5.41) is 0. The van der Waals surface area contributed by atoms with Gasteiger partial charge in [0.25, 0.3) is 0 Å². The second kappa shape index (κ2) is 5.85. The van der Waals surface area contributed by atoms with E-state index < -0.39 is 0 Å². The van der Waals surface area contributed by atoms with Gasteiger partial charge in [0.05, 0.1) is 0 Å². The Bertz CT molecular complexity index is 259. The van der Waals surface area contributed by atoms with E-state index in [1.54, 1.807) is 0 Å². The first kappa shape index (κ1) is 12.9. The summed E-state index contributed by atoms with van der Waals surface area (Å²) in [4.78, 5) is 16.3. The van der Waals surface area contributed by atoms with Crippen molar-refractivity contribution in [2.24, 2.45) is 5.92 Å². The minimum absolute atomic E-state index is 0.329. The molecular weight excluding hydrogens is 212 g/mol. The van der Waals surface area contributed by atoms with Crippen LogP contribution in [0.4, 0.5) is 0 Å². The number of likely N-dealkylation sites (tertiary alicyclic amines) is 2. The van der Waals surface area contributed by atoms with Gasteiger partial charge in [-0.1, -0.05) is 13.8 Å². The molecule has 3 nitrogen and oxygen atoms in total. The number of hydrogen-bond donors (Lipinski definition) is 0. The molecule has 0 aromatic heterocycles. The molecule has 2 aliphatic heterocycles. The zero-order chi connectivity index (χ0) is 12.3. The molecule has 98 valence electrons. The first-order valence-corrected chi connectivity index (χ1v) is 7.22. The molecule has 0 bridgehead atoms. The second-order valence-corrected chi connectivity index (χ2v) is 5.71. The Morgan fingerprint density at radius 3 is 2.47 bits per heavy atom. The molecule has 2 fully saturated rings. The molecule has 0 radical (unpaired) electrons. The van der Waals surface area contributed by atoms with E-state index in [1.807, 2.05) is 11.8 Å². The van der Waals surface area contributed by atoms with E-state index in [2.05, 4.69) is 11.8 Å². The van der Waals surface area contributed by atoms with Gasteiger partial charge < -0.3 is 4.90 Å². The number of amides is 1. The summed E-state index contributed by atoms with van der Waals surface area (Å²) in [7, 11) is 0. The zero-order valence-corrected chi connectivity index (χ0v) is 11.3. The van der Waals surface area contributed by atoms with Crippen LogP contribution in [0, 0.1) is 5.92 Å². The highest BCUT2D eigenvalue weighted by atomic mass is 16.2. The normalized spacial score (nSPS) is 28.4. The van der Waals surface area contributed by atoms with Gasteiger partial charge in [-0.25, -0.2) is 0 Å². The third-order valence-corrected chi connectivity index (χ3v) is 4.32. The Balaban J connectivity index is 1.80. The molecule has 0 N–H and O–H groups in total. The van der Waals surface area contributed by atoms with Crippen molar-refractivity contribution in [1.29, 1.82) is 0 Å². The van der Waals surface area contributed by atoms with Crippen LogP contribution in [-0.4, -0.2) is 47.9 Å². The van der Waals surface area contributed by atoms with E-state index in [-0.39, 0.29) is 0 Å². The Morgan fingerprint density at radius 2 is 1.88 bits per heavy atom. The van der Waals surface area contributed by atoms with Crippen LogP contribution in [0.3, 0.4) is 0 Å². The molecule has 0 aromatic rings. The summed E-state index contributed by atoms with van der Waals surface area (Å²) < 4.78 is 0. The maximum absolute atomic E-state index is 11.6. The largest absolute Gasteiger partial charge is 0.343 e. The summed E-state index contributed by atoms with van der Waals surface area (Å²) in [6.45, 7) is 8.82. The van der Waals surface area contributed by atoms with Crippen LogP contribution in [0.15, 0.2) is 0 Å². The minimum Gasteiger partial charge on any atom is -0.343 e. The zero-order valence-electron chi connectivity index (χ0n) is 11.3. The topological polar surface area (TPSA) is 23.6 Å². The second-order valence-electron chi connectivity index (χ2n) is 5.71. The molecule has 0 saturated carbocycles. The first-order chi connectivity index (χ1) is 8.20. The van der Waals surface area contributed by atoms with E-state index in [9.17, 15) is 4.79 Å². The van der Waals surface area contributed by atoms with E-state index >= 15 is 0 Å². The molecule has 2 heterocycles. The number of rotatable bonds is 2. The van der Waals surface area contributed by atoms with Crippen LogP contribution in [0.25, 0.3) is 0 Å². The number of carbonyl (C=O) groups is 1. The Hall–Kier alpha value is -0.570. The molecule has 0 aliphatic carbocycles. The molecule has 2 rings (SSSR count). The van der Waals surface area contributed by atoms with Crippen molar-refractivity contribution in [1.82, 2.24) is 9.80 Å². The SMILES string of the molecule is CCC(=O)N1CCC(N2CCC[C@H](C)C2)CC1. The van der Waals surface area contributed by atoms with E-state index in [1.165, 1.54) is 38.8 Å². The standard InChI is InChI=1S/C14H26N2O/c1-3-14(17)15-9-6-13(7-10-15)16-8-4-5-12(2)11-16/h12-13H,3-11H2,1-2H3/t12-/m0/s1. The maximum Gasteiger partial charge on any atom is 0.222 e. The monoisotopic (exact) mass is 238 g/mol. The van der Waals surface area contributed by atoms with Gasteiger partial charge in [0, 0.05) is 32.1 Å². The molecule has 1 atom stereocenters. The van der Waals surface area contributed by atoms with Gasteiger partial charge >= 0.3 is 0 Å². The quantitative estimate of drug-likeness (QED) is 0.735. The lowest BCUT2D eigenvalue weighted by Gasteiger charge is -2.41. The number of hydrogen-bond acceptors (Lipinski definition) is 2. The molecule has 1 amide bonds. The predicted molar refractivity (Wildman–Crippen MR) is 69.9 cm³/mol. The Labute approximate surface area is 105 Å². The van der Waals surface area contributed by atoms with E-state index in [0.717, 1.165) is 25.0 Å². The van der Waals surface area contributed by atoms with Gasteiger partial charge in [0.2, 0.25) is 5.91 Å². The molecule has 0 aromatic carbocycles. The van der Waals surface area contributed by atoms with Gasteiger partial charge in [0.1, 0.15) is 0 Å². The van der Waals surface area contributed by atoms with Crippen molar-refractivity contribution in [3.05, 3.63) is 0 Å². The fraction of sp³-hybridized carbons (Fsp3) is 0.929. The number of carbonyl (C=O) groups excluding carboxylic acids is 1. The lowest BCUT2D eigenvalue weighted by atomic mass is 9.95. The average molecular weight is 238 g/mol. The van der Waals surface area contributed by atoms with Crippen molar-refractivity contribution in [3.63, 3.8) is 0 Å². The van der Waals surface area contributed by atoms with Gasteiger partial charge in [-0.05, 0) is 38.1 Å². The Kier molecular flexibility index (Phi) is 4.43. The van der Waals surface area contributed by atoms with Crippen LogP contribution >= 0.6 is 0 Å². The van der Waals surface area contributed by atoms with Crippen LogP contribution < -0.4 is 0 Å².